The van der Waals surface area contributed by atoms with E-state index in [2.05, 4.69) is 41.5 Å². The maximum Gasteiger partial charge on any atom is 0.503 e. The molecule has 0 aliphatic carbocycles. The van der Waals surface area contributed by atoms with Crippen LogP contribution in [-0.4, -0.2) is 211 Å². The molecule has 21 nitrogen and oxygen atoms in total. The SMILES string of the molecule is C.C.C.C.C.C.C.C.C.C.C.C.C.C.CCCC(C)C[Si](OC)(OC)OC.CCCCC(C)[Si](OC)(OC)OC.CCCCC(CC)[Si](OC)(OC)OC.CO[Si](C)(OC)OC.CO[Si](C)(OC)OC.CO[Si](C)(OC)OC.CO[Si](C)(OC)OC. The van der Waals surface area contributed by atoms with E-state index < -0.39 is 61.6 Å². The van der Waals surface area contributed by atoms with Crippen LogP contribution in [0.4, 0.5) is 0 Å². The zero-order valence-electron chi connectivity index (χ0n) is 51.9. The van der Waals surface area contributed by atoms with Gasteiger partial charge in [-0.3, -0.25) is 0 Å². The van der Waals surface area contributed by atoms with Crippen LogP contribution in [0.15, 0.2) is 0 Å². The topological polar surface area (TPSA) is 194 Å². The van der Waals surface area contributed by atoms with Crippen LogP contribution in [-0.2, 0) is 92.9 Å². The fraction of sp³-hybridized carbons (Fsp3) is 1.00. The van der Waals surface area contributed by atoms with Crippen molar-refractivity contribution in [3.63, 3.8) is 0 Å². The summed E-state index contributed by atoms with van der Waals surface area (Å²) in [4.78, 5) is 0. The molecule has 0 aromatic heterocycles. The molecule has 0 aromatic rings. The van der Waals surface area contributed by atoms with Gasteiger partial charge in [-0.1, -0.05) is 184 Å². The molecule has 0 saturated carbocycles. The lowest BCUT2D eigenvalue weighted by molar-refractivity contribution is 0.108. The minimum atomic E-state index is -2.38. The van der Waals surface area contributed by atoms with Crippen LogP contribution in [0.25, 0.3) is 0 Å². The lowest BCUT2D eigenvalue weighted by Gasteiger charge is -2.31. The molecule has 0 spiro atoms. The lowest BCUT2D eigenvalue weighted by Crippen LogP contribution is -2.47. The van der Waals surface area contributed by atoms with E-state index in [4.69, 9.17) is 92.9 Å². The smallest absolute Gasteiger partial charge is 0.377 e. The highest BCUT2D eigenvalue weighted by atomic mass is 28.4. The Morgan fingerprint density at radius 1 is 0.256 bits per heavy atom. The van der Waals surface area contributed by atoms with Crippen LogP contribution >= 0.6 is 0 Å². The molecule has 0 N–H and O–H groups in total. The first-order valence-corrected chi connectivity index (χ1v) is 38.8. The van der Waals surface area contributed by atoms with Crippen LogP contribution in [0.2, 0.25) is 43.3 Å². The summed E-state index contributed by atoms with van der Waals surface area (Å²) in [6.07, 6.45) is 10.5. The monoisotopic (exact) mass is 1400 g/mol. The van der Waals surface area contributed by atoms with Gasteiger partial charge in [0.25, 0.3) is 0 Å². The standard InChI is InChI=1S/C10H24O3Si.2C9H22O3Si.4C4H12O3Si.14CH4/c1-6-8-9-10(7-2)14(11-3,12-4)13-5;1-6-7-9(2)8-13(10-3,11-4)12-5;1-6-7-8-9(2)13(10-3,11-4)12-5;4*1-5-8(4,6-2)7-3;;;;;;;;;;;;;;/h10H,6-9H2,1-5H3;2*9H,6-8H2,1-5H3;4*1-4H3;14*1H4. The quantitative estimate of drug-likeness (QED) is 0.0552. The predicted molar refractivity (Wildman–Crippen MR) is 397 cm³/mol. The maximum absolute atomic E-state index is 5.48. The largest absolute Gasteiger partial charge is 0.503 e. The first-order chi connectivity index (χ1) is 33.7. The van der Waals surface area contributed by atoms with E-state index >= 15 is 0 Å². The average Bonchev–Trinajstić information content (AvgIpc) is 3.43. The fourth-order valence-corrected chi connectivity index (χ4v) is 14.8. The van der Waals surface area contributed by atoms with Crippen LogP contribution < -0.4 is 0 Å². The van der Waals surface area contributed by atoms with Crippen molar-refractivity contribution < 1.29 is 92.9 Å². The van der Waals surface area contributed by atoms with Crippen molar-refractivity contribution in [2.24, 2.45) is 5.92 Å². The van der Waals surface area contributed by atoms with Crippen LogP contribution in [0, 0.1) is 5.92 Å². The third kappa shape index (κ3) is 67.6. The molecule has 3 atom stereocenters. The van der Waals surface area contributed by atoms with E-state index in [0.29, 0.717) is 17.0 Å². The van der Waals surface area contributed by atoms with E-state index in [1.54, 1.807) is 149 Å². The van der Waals surface area contributed by atoms with Crippen LogP contribution in [0.1, 0.15) is 203 Å². The van der Waals surface area contributed by atoms with Crippen molar-refractivity contribution in [3.05, 3.63) is 0 Å². The number of rotatable bonds is 34. The number of unbranched alkanes of at least 4 members (excludes halogenated alkanes) is 2. The Kier molecular flexibility index (Phi) is 154. The van der Waals surface area contributed by atoms with Crippen molar-refractivity contribution in [2.75, 3.05) is 149 Å². The Labute approximate surface area is 553 Å². The van der Waals surface area contributed by atoms with E-state index in [1.165, 1.54) is 38.5 Å². The predicted octanol–water partition coefficient (Wildman–Crippen LogP) is 18.5. The van der Waals surface area contributed by atoms with Gasteiger partial charge in [-0.15, -0.1) is 0 Å². The van der Waals surface area contributed by atoms with Gasteiger partial charge in [-0.25, -0.2) is 0 Å². The molecule has 3 unspecified atom stereocenters. The van der Waals surface area contributed by atoms with E-state index in [1.807, 2.05) is 26.2 Å². The average molecular weight is 1400 g/mol. The molecular formula is C58H172O21Si7. The highest BCUT2D eigenvalue weighted by Gasteiger charge is 2.46. The summed E-state index contributed by atoms with van der Waals surface area (Å²) in [6, 6.07) is 0.907. The first kappa shape index (κ1) is 148. The van der Waals surface area contributed by atoms with Crippen molar-refractivity contribution >= 4 is 61.6 Å². The summed E-state index contributed by atoms with van der Waals surface area (Å²) in [5.74, 6) is 0.608. The molecule has 0 aliphatic heterocycles. The number of hydrogen-bond acceptors (Lipinski definition) is 21. The van der Waals surface area contributed by atoms with Gasteiger partial charge in [0.1, 0.15) is 0 Å². The first-order valence-electron chi connectivity index (χ1n) is 24.3. The Balaban J connectivity index is -0.0000000297. The molecule has 28 heteroatoms. The second-order valence-corrected chi connectivity index (χ2v) is 37.5. The van der Waals surface area contributed by atoms with Crippen molar-refractivity contribution in [1.29, 1.82) is 0 Å². The molecule has 0 aliphatic rings. The molecule has 0 fully saturated rings. The third-order valence-electron chi connectivity index (χ3n) is 12.0. The summed E-state index contributed by atoms with van der Waals surface area (Å²) in [7, 11) is 18.3. The van der Waals surface area contributed by atoms with Gasteiger partial charge in [-0.05, 0) is 25.2 Å². The molecule has 558 valence electrons. The van der Waals surface area contributed by atoms with Gasteiger partial charge in [0, 0.05) is 193 Å². The molecule has 0 saturated heterocycles. The van der Waals surface area contributed by atoms with Gasteiger partial charge in [0.15, 0.2) is 0 Å². The summed E-state index contributed by atoms with van der Waals surface area (Å²) in [5, 5.41) is 0. The molecule has 0 aromatic carbocycles. The molecule has 0 heterocycles. The minimum absolute atomic E-state index is 0. The second-order valence-electron chi connectivity index (χ2n) is 16.0. The Morgan fingerprint density at radius 2 is 0.465 bits per heavy atom. The fourth-order valence-electron chi connectivity index (χ4n) is 5.89. The van der Waals surface area contributed by atoms with Crippen molar-refractivity contribution in [2.45, 2.75) is 247 Å². The van der Waals surface area contributed by atoms with Gasteiger partial charge >= 0.3 is 61.6 Å². The zero-order valence-corrected chi connectivity index (χ0v) is 58.9. The molecular weight excluding hydrogens is 1230 g/mol. The normalized spacial score (nSPS) is 11.2. The Morgan fingerprint density at radius 3 is 0.605 bits per heavy atom. The molecule has 86 heavy (non-hydrogen) atoms. The van der Waals surface area contributed by atoms with Gasteiger partial charge in [-0.2, -0.15) is 0 Å². The molecule has 0 bridgehead atoms. The number of hydrogen-bond donors (Lipinski definition) is 0. The second kappa shape index (κ2) is 89.9. The van der Waals surface area contributed by atoms with E-state index in [-0.39, 0.29) is 104 Å². The third-order valence-corrected chi connectivity index (χ3v) is 30.5. The van der Waals surface area contributed by atoms with Crippen molar-refractivity contribution in [1.82, 2.24) is 0 Å². The van der Waals surface area contributed by atoms with Gasteiger partial charge in [0.05, 0.1) is 0 Å². The zero-order chi connectivity index (χ0) is 58.2. The van der Waals surface area contributed by atoms with E-state index in [0.717, 1.165) is 25.3 Å². The van der Waals surface area contributed by atoms with Crippen molar-refractivity contribution in [3.8, 4) is 0 Å². The summed E-state index contributed by atoms with van der Waals surface area (Å²) < 4.78 is 108. The summed E-state index contributed by atoms with van der Waals surface area (Å²) in [6.45, 7) is 20.4. The Hall–Kier alpha value is 0.678. The van der Waals surface area contributed by atoms with Crippen LogP contribution in [0.5, 0.6) is 0 Å². The van der Waals surface area contributed by atoms with E-state index in [9.17, 15) is 0 Å². The van der Waals surface area contributed by atoms with Gasteiger partial charge < -0.3 is 92.9 Å². The summed E-state index contributed by atoms with van der Waals surface area (Å²) >= 11 is 0. The summed E-state index contributed by atoms with van der Waals surface area (Å²) in [5.41, 5.74) is 0.815. The molecule has 0 radical (unpaired) electrons. The lowest BCUT2D eigenvalue weighted by atomic mass is 10.1. The Bertz CT molecular complexity index is 972. The van der Waals surface area contributed by atoms with Crippen LogP contribution in [0.3, 0.4) is 0 Å². The van der Waals surface area contributed by atoms with Gasteiger partial charge in [0.2, 0.25) is 0 Å². The molecule has 0 amide bonds. The minimum Gasteiger partial charge on any atom is -0.377 e. The molecule has 0 rings (SSSR count). The highest BCUT2D eigenvalue weighted by molar-refractivity contribution is 6.63. The maximum atomic E-state index is 5.48. The highest BCUT2D eigenvalue weighted by Crippen LogP contribution is 2.32.